The average Bonchev–Trinajstić information content (AvgIpc) is 2.91. The summed E-state index contributed by atoms with van der Waals surface area (Å²) in [6.45, 7) is 10.2. The molecule has 1 aromatic heterocycles. The fraction of sp³-hybridized carbons (Fsp3) is 0.733. The normalized spacial score (nSPS) is 12.8. The van der Waals surface area contributed by atoms with Gasteiger partial charge in [0.25, 0.3) is 0 Å². The van der Waals surface area contributed by atoms with Crippen LogP contribution in [0.1, 0.15) is 59.2 Å². The molecule has 1 heterocycles. The van der Waals surface area contributed by atoms with Gasteiger partial charge in [-0.15, -0.1) is 0 Å². The first-order chi connectivity index (χ1) is 10.2. The Morgan fingerprint density at radius 3 is 2.55 bits per heavy atom. The SMILES string of the molecule is CCCNC(=O)[C@H](C)NC(=O)CCc1nc(C(C)(C)C)no1. The molecule has 0 aromatic carbocycles. The van der Waals surface area contributed by atoms with E-state index in [1.165, 1.54) is 0 Å². The van der Waals surface area contributed by atoms with Gasteiger partial charge in [0, 0.05) is 24.8 Å². The van der Waals surface area contributed by atoms with Crippen LogP contribution in [0.5, 0.6) is 0 Å². The highest BCUT2D eigenvalue weighted by molar-refractivity contribution is 5.87. The van der Waals surface area contributed by atoms with Crippen LogP contribution in [0.4, 0.5) is 0 Å². The second kappa shape index (κ2) is 7.91. The average molecular weight is 310 g/mol. The maximum atomic E-state index is 11.8. The monoisotopic (exact) mass is 310 g/mol. The number of hydrogen-bond acceptors (Lipinski definition) is 5. The van der Waals surface area contributed by atoms with Gasteiger partial charge in [0.1, 0.15) is 6.04 Å². The summed E-state index contributed by atoms with van der Waals surface area (Å²) in [4.78, 5) is 27.8. The van der Waals surface area contributed by atoms with E-state index in [1.54, 1.807) is 6.92 Å². The van der Waals surface area contributed by atoms with E-state index in [0.717, 1.165) is 6.42 Å². The van der Waals surface area contributed by atoms with Crippen molar-refractivity contribution in [2.45, 2.75) is 65.3 Å². The Labute approximate surface area is 131 Å². The van der Waals surface area contributed by atoms with E-state index in [0.29, 0.717) is 24.7 Å². The van der Waals surface area contributed by atoms with Crippen molar-refractivity contribution >= 4 is 11.8 Å². The molecule has 22 heavy (non-hydrogen) atoms. The van der Waals surface area contributed by atoms with Gasteiger partial charge in [-0.2, -0.15) is 4.98 Å². The van der Waals surface area contributed by atoms with Crippen LogP contribution in [0.25, 0.3) is 0 Å². The minimum Gasteiger partial charge on any atom is -0.354 e. The molecule has 0 saturated heterocycles. The third kappa shape index (κ3) is 5.83. The number of nitrogens with one attached hydrogen (secondary N) is 2. The van der Waals surface area contributed by atoms with Crippen LogP contribution in [-0.2, 0) is 21.4 Å². The summed E-state index contributed by atoms with van der Waals surface area (Å²) in [5, 5.41) is 9.30. The van der Waals surface area contributed by atoms with Crippen LogP contribution in [0.2, 0.25) is 0 Å². The summed E-state index contributed by atoms with van der Waals surface area (Å²) in [5.41, 5.74) is -0.185. The highest BCUT2D eigenvalue weighted by Crippen LogP contribution is 2.18. The van der Waals surface area contributed by atoms with E-state index < -0.39 is 6.04 Å². The summed E-state index contributed by atoms with van der Waals surface area (Å²) in [7, 11) is 0. The first kappa shape index (κ1) is 18.1. The molecule has 0 aliphatic carbocycles. The molecule has 124 valence electrons. The van der Waals surface area contributed by atoms with Gasteiger partial charge in [-0.1, -0.05) is 32.9 Å². The van der Waals surface area contributed by atoms with Gasteiger partial charge in [0.15, 0.2) is 5.82 Å². The van der Waals surface area contributed by atoms with E-state index in [9.17, 15) is 9.59 Å². The Kier molecular flexibility index (Phi) is 6.52. The molecule has 0 radical (unpaired) electrons. The van der Waals surface area contributed by atoms with Crippen molar-refractivity contribution in [3.05, 3.63) is 11.7 Å². The molecule has 1 aromatic rings. The predicted octanol–water partition coefficient (Wildman–Crippen LogP) is 1.33. The highest BCUT2D eigenvalue weighted by atomic mass is 16.5. The zero-order valence-corrected chi connectivity index (χ0v) is 14.0. The first-order valence-corrected chi connectivity index (χ1v) is 7.64. The zero-order chi connectivity index (χ0) is 16.8. The van der Waals surface area contributed by atoms with Gasteiger partial charge in [-0.05, 0) is 13.3 Å². The number of aryl methyl sites for hydroxylation is 1. The lowest BCUT2D eigenvalue weighted by molar-refractivity contribution is -0.128. The molecule has 0 aliphatic heterocycles. The van der Waals surface area contributed by atoms with Gasteiger partial charge in [-0.3, -0.25) is 9.59 Å². The number of aromatic nitrogens is 2. The number of nitrogens with zero attached hydrogens (tertiary/aromatic N) is 2. The van der Waals surface area contributed by atoms with Gasteiger partial charge in [0.05, 0.1) is 0 Å². The Morgan fingerprint density at radius 1 is 1.32 bits per heavy atom. The fourth-order valence-electron chi connectivity index (χ4n) is 1.66. The van der Waals surface area contributed by atoms with Crippen LogP contribution < -0.4 is 10.6 Å². The Balaban J connectivity index is 2.40. The topological polar surface area (TPSA) is 97.1 Å². The Hall–Kier alpha value is -1.92. The van der Waals surface area contributed by atoms with Crippen molar-refractivity contribution < 1.29 is 14.1 Å². The molecule has 7 heteroatoms. The minimum absolute atomic E-state index is 0.178. The van der Waals surface area contributed by atoms with Gasteiger partial charge in [-0.25, -0.2) is 0 Å². The van der Waals surface area contributed by atoms with Crippen molar-refractivity contribution in [3.63, 3.8) is 0 Å². The molecule has 2 amide bonds. The van der Waals surface area contributed by atoms with Crippen molar-refractivity contribution in [2.75, 3.05) is 6.54 Å². The lowest BCUT2D eigenvalue weighted by Crippen LogP contribution is -2.45. The van der Waals surface area contributed by atoms with Gasteiger partial charge < -0.3 is 15.2 Å². The highest BCUT2D eigenvalue weighted by Gasteiger charge is 2.21. The van der Waals surface area contributed by atoms with Crippen LogP contribution >= 0.6 is 0 Å². The fourth-order valence-corrected chi connectivity index (χ4v) is 1.66. The number of amides is 2. The molecule has 0 fully saturated rings. The third-order valence-electron chi connectivity index (χ3n) is 3.02. The smallest absolute Gasteiger partial charge is 0.242 e. The number of carbonyl (C=O) groups is 2. The van der Waals surface area contributed by atoms with Crippen LogP contribution in [0.15, 0.2) is 4.52 Å². The summed E-state index contributed by atoms with van der Waals surface area (Å²) < 4.78 is 5.13. The van der Waals surface area contributed by atoms with E-state index in [2.05, 4.69) is 20.8 Å². The van der Waals surface area contributed by atoms with Crippen LogP contribution in [-0.4, -0.2) is 34.5 Å². The van der Waals surface area contributed by atoms with Gasteiger partial charge >= 0.3 is 0 Å². The van der Waals surface area contributed by atoms with E-state index in [1.807, 2.05) is 27.7 Å². The minimum atomic E-state index is -0.549. The summed E-state index contributed by atoms with van der Waals surface area (Å²) in [6, 6.07) is -0.549. The van der Waals surface area contributed by atoms with Crippen molar-refractivity contribution in [1.82, 2.24) is 20.8 Å². The van der Waals surface area contributed by atoms with Crippen molar-refractivity contribution in [3.8, 4) is 0 Å². The third-order valence-corrected chi connectivity index (χ3v) is 3.02. The molecule has 0 aliphatic rings. The van der Waals surface area contributed by atoms with Gasteiger partial charge in [0.2, 0.25) is 17.7 Å². The molecule has 1 rings (SSSR count). The standard InChI is InChI=1S/C15H26N4O3/c1-6-9-16-13(21)10(2)17-11(20)7-8-12-18-14(19-22-12)15(3,4)5/h10H,6-9H2,1-5H3,(H,16,21)(H,17,20)/t10-/m0/s1. The quantitative estimate of drug-likeness (QED) is 0.792. The molecule has 2 N–H and O–H groups in total. The number of carbonyl (C=O) groups excluding carboxylic acids is 2. The van der Waals surface area contributed by atoms with Crippen LogP contribution in [0.3, 0.4) is 0 Å². The molecule has 7 nitrogen and oxygen atoms in total. The Morgan fingerprint density at radius 2 is 2.00 bits per heavy atom. The maximum Gasteiger partial charge on any atom is 0.242 e. The maximum absolute atomic E-state index is 11.8. The molecular formula is C15H26N4O3. The predicted molar refractivity (Wildman–Crippen MR) is 82.2 cm³/mol. The molecule has 0 unspecified atom stereocenters. The summed E-state index contributed by atoms with van der Waals surface area (Å²) >= 11 is 0. The molecule has 0 saturated carbocycles. The first-order valence-electron chi connectivity index (χ1n) is 7.64. The van der Waals surface area contributed by atoms with E-state index >= 15 is 0 Å². The van der Waals surface area contributed by atoms with E-state index in [4.69, 9.17) is 4.52 Å². The summed E-state index contributed by atoms with van der Waals surface area (Å²) in [5.74, 6) is 0.663. The summed E-state index contributed by atoms with van der Waals surface area (Å²) in [6.07, 6.45) is 1.43. The molecule has 1 atom stereocenters. The lowest BCUT2D eigenvalue weighted by Gasteiger charge is -2.13. The lowest BCUT2D eigenvalue weighted by atomic mass is 9.96. The molecule has 0 spiro atoms. The van der Waals surface area contributed by atoms with Crippen LogP contribution in [0, 0.1) is 0 Å². The number of hydrogen-bond donors (Lipinski definition) is 2. The largest absolute Gasteiger partial charge is 0.354 e. The van der Waals surface area contributed by atoms with Crippen molar-refractivity contribution in [2.24, 2.45) is 0 Å². The Bertz CT molecular complexity index is 505. The second-order valence-corrected chi connectivity index (χ2v) is 6.34. The second-order valence-electron chi connectivity index (χ2n) is 6.34. The van der Waals surface area contributed by atoms with Crippen molar-refractivity contribution in [1.29, 1.82) is 0 Å². The number of rotatable bonds is 7. The van der Waals surface area contributed by atoms with E-state index in [-0.39, 0.29) is 23.7 Å². The molecule has 0 bridgehead atoms. The molecular weight excluding hydrogens is 284 g/mol. The zero-order valence-electron chi connectivity index (χ0n) is 14.0.